The molecule has 0 spiro atoms. The van der Waals surface area contributed by atoms with Crippen LogP contribution in [0, 0.1) is 0 Å². The van der Waals surface area contributed by atoms with E-state index in [-0.39, 0.29) is 5.43 Å². The zero-order valence-electron chi connectivity index (χ0n) is 9.82. The Morgan fingerprint density at radius 2 is 2.00 bits per heavy atom. The summed E-state index contributed by atoms with van der Waals surface area (Å²) < 4.78 is 6.97. The lowest BCUT2D eigenvalue weighted by molar-refractivity contribution is 0.199. The highest BCUT2D eigenvalue weighted by molar-refractivity contribution is 4.93. The lowest BCUT2D eigenvalue weighted by atomic mass is 10.3. The minimum atomic E-state index is 0.0671. The molecule has 1 aromatic rings. The number of aromatic nitrogens is 1. The summed E-state index contributed by atoms with van der Waals surface area (Å²) in [6, 6.07) is 3.19. The van der Waals surface area contributed by atoms with Crippen LogP contribution in [0.3, 0.4) is 0 Å². The van der Waals surface area contributed by atoms with Crippen LogP contribution in [0.2, 0.25) is 0 Å². The molecule has 0 saturated heterocycles. The van der Waals surface area contributed by atoms with E-state index in [4.69, 9.17) is 4.74 Å². The van der Waals surface area contributed by atoms with Gasteiger partial charge in [0, 0.05) is 44.7 Å². The standard InChI is InChI=1S/C12H20N2O2/c1-16-11-7-13-6-2-3-8-14-9-4-12(15)5-10-14/h4-5,9-10,13H,2-3,6-8,11H2,1H3. The third kappa shape index (κ3) is 5.68. The summed E-state index contributed by atoms with van der Waals surface area (Å²) in [4.78, 5) is 10.9. The highest BCUT2D eigenvalue weighted by Gasteiger charge is 1.91. The van der Waals surface area contributed by atoms with Crippen molar-refractivity contribution < 1.29 is 4.74 Å². The Morgan fingerprint density at radius 1 is 1.25 bits per heavy atom. The van der Waals surface area contributed by atoms with Gasteiger partial charge in [-0.25, -0.2) is 0 Å². The third-order valence-electron chi connectivity index (χ3n) is 2.36. The number of methoxy groups -OCH3 is 1. The molecule has 4 nitrogen and oxygen atoms in total. The van der Waals surface area contributed by atoms with E-state index in [0.29, 0.717) is 0 Å². The molecular weight excluding hydrogens is 204 g/mol. The number of pyridine rings is 1. The average Bonchev–Trinajstić information content (AvgIpc) is 2.30. The maximum Gasteiger partial charge on any atom is 0.181 e. The van der Waals surface area contributed by atoms with Gasteiger partial charge in [-0.3, -0.25) is 4.79 Å². The van der Waals surface area contributed by atoms with Crippen molar-refractivity contribution >= 4 is 0 Å². The maximum absolute atomic E-state index is 10.9. The number of nitrogens with one attached hydrogen (secondary N) is 1. The number of rotatable bonds is 8. The Bertz CT molecular complexity index is 316. The summed E-state index contributed by atoms with van der Waals surface area (Å²) in [5.41, 5.74) is 0.0671. The number of ether oxygens (including phenoxy) is 1. The van der Waals surface area contributed by atoms with Crippen LogP contribution < -0.4 is 10.7 Å². The molecule has 0 aliphatic carbocycles. The minimum Gasteiger partial charge on any atom is -0.383 e. The van der Waals surface area contributed by atoms with Gasteiger partial charge in [-0.2, -0.15) is 0 Å². The van der Waals surface area contributed by atoms with Crippen LogP contribution in [-0.2, 0) is 11.3 Å². The zero-order valence-corrected chi connectivity index (χ0v) is 9.82. The summed E-state index contributed by atoms with van der Waals surface area (Å²) in [5, 5.41) is 3.30. The van der Waals surface area contributed by atoms with Crippen molar-refractivity contribution in [1.29, 1.82) is 0 Å². The van der Waals surface area contributed by atoms with Crippen molar-refractivity contribution in [3.8, 4) is 0 Å². The van der Waals surface area contributed by atoms with Gasteiger partial charge in [0.2, 0.25) is 0 Å². The van der Waals surface area contributed by atoms with Crippen molar-refractivity contribution in [2.75, 3.05) is 26.8 Å². The molecule has 90 valence electrons. The fourth-order valence-electron chi connectivity index (χ4n) is 1.44. The average molecular weight is 224 g/mol. The minimum absolute atomic E-state index is 0.0671. The number of hydrogen-bond donors (Lipinski definition) is 1. The Morgan fingerprint density at radius 3 is 2.69 bits per heavy atom. The molecule has 0 aliphatic heterocycles. The van der Waals surface area contributed by atoms with Crippen LogP contribution in [-0.4, -0.2) is 31.4 Å². The van der Waals surface area contributed by atoms with Crippen molar-refractivity contribution in [2.45, 2.75) is 19.4 Å². The molecule has 1 rings (SSSR count). The van der Waals surface area contributed by atoms with Gasteiger partial charge in [0.05, 0.1) is 6.61 Å². The first kappa shape index (κ1) is 12.9. The summed E-state index contributed by atoms with van der Waals surface area (Å²) >= 11 is 0. The van der Waals surface area contributed by atoms with E-state index in [0.717, 1.165) is 39.1 Å². The van der Waals surface area contributed by atoms with Crippen LogP contribution in [0.15, 0.2) is 29.3 Å². The van der Waals surface area contributed by atoms with Gasteiger partial charge in [0.15, 0.2) is 5.43 Å². The molecule has 0 aromatic carbocycles. The Hall–Kier alpha value is -1.13. The first-order valence-corrected chi connectivity index (χ1v) is 5.68. The quantitative estimate of drug-likeness (QED) is 0.666. The SMILES string of the molecule is COCCNCCCCn1ccc(=O)cc1. The zero-order chi connectivity index (χ0) is 11.6. The van der Waals surface area contributed by atoms with E-state index in [1.165, 1.54) is 0 Å². The largest absolute Gasteiger partial charge is 0.383 e. The molecule has 0 aliphatic rings. The summed E-state index contributed by atoms with van der Waals surface area (Å²) in [6.07, 6.45) is 5.92. The van der Waals surface area contributed by atoms with Crippen LogP contribution in [0.5, 0.6) is 0 Å². The maximum atomic E-state index is 10.9. The molecule has 0 fully saturated rings. The summed E-state index contributed by atoms with van der Waals surface area (Å²) in [5.74, 6) is 0. The van der Waals surface area contributed by atoms with Crippen LogP contribution >= 0.6 is 0 Å². The molecule has 4 heteroatoms. The van der Waals surface area contributed by atoms with Crippen molar-refractivity contribution in [3.63, 3.8) is 0 Å². The van der Waals surface area contributed by atoms with E-state index in [1.807, 2.05) is 17.0 Å². The lowest BCUT2D eigenvalue weighted by Crippen LogP contribution is -2.20. The Labute approximate surface area is 96.2 Å². The fourth-order valence-corrected chi connectivity index (χ4v) is 1.44. The second kappa shape index (κ2) is 8.07. The smallest absolute Gasteiger partial charge is 0.181 e. The number of nitrogens with zero attached hydrogens (tertiary/aromatic N) is 1. The molecule has 0 saturated carbocycles. The van der Waals surface area contributed by atoms with Crippen molar-refractivity contribution in [3.05, 3.63) is 34.7 Å². The summed E-state index contributed by atoms with van der Waals surface area (Å²) in [7, 11) is 1.71. The van der Waals surface area contributed by atoms with Gasteiger partial charge >= 0.3 is 0 Å². The topological polar surface area (TPSA) is 43.3 Å². The van der Waals surface area contributed by atoms with Gasteiger partial charge in [-0.1, -0.05) is 0 Å². The normalized spacial score (nSPS) is 10.6. The lowest BCUT2D eigenvalue weighted by Gasteiger charge is -2.06. The van der Waals surface area contributed by atoms with Crippen LogP contribution in [0.1, 0.15) is 12.8 Å². The van der Waals surface area contributed by atoms with Gasteiger partial charge in [-0.05, 0) is 19.4 Å². The molecule has 0 bridgehead atoms. The highest BCUT2D eigenvalue weighted by Crippen LogP contribution is 1.93. The van der Waals surface area contributed by atoms with Gasteiger partial charge in [0.1, 0.15) is 0 Å². The van der Waals surface area contributed by atoms with E-state index in [9.17, 15) is 4.79 Å². The van der Waals surface area contributed by atoms with E-state index in [2.05, 4.69) is 5.32 Å². The van der Waals surface area contributed by atoms with E-state index >= 15 is 0 Å². The monoisotopic (exact) mass is 224 g/mol. The predicted molar refractivity (Wildman–Crippen MR) is 64.7 cm³/mol. The molecular formula is C12H20N2O2. The van der Waals surface area contributed by atoms with Gasteiger partial charge in [-0.15, -0.1) is 0 Å². The molecule has 16 heavy (non-hydrogen) atoms. The van der Waals surface area contributed by atoms with Crippen molar-refractivity contribution in [2.24, 2.45) is 0 Å². The van der Waals surface area contributed by atoms with Crippen molar-refractivity contribution in [1.82, 2.24) is 9.88 Å². The van der Waals surface area contributed by atoms with Gasteiger partial charge < -0.3 is 14.6 Å². The van der Waals surface area contributed by atoms with E-state index in [1.54, 1.807) is 19.2 Å². The first-order chi connectivity index (χ1) is 7.83. The van der Waals surface area contributed by atoms with Gasteiger partial charge in [0.25, 0.3) is 0 Å². The fraction of sp³-hybridized carbons (Fsp3) is 0.583. The third-order valence-corrected chi connectivity index (χ3v) is 2.36. The number of hydrogen-bond acceptors (Lipinski definition) is 3. The summed E-state index contributed by atoms with van der Waals surface area (Å²) in [6.45, 7) is 3.66. The molecule has 1 heterocycles. The predicted octanol–water partition coefficient (Wildman–Crippen LogP) is 0.864. The molecule has 0 radical (unpaired) electrons. The number of unbranched alkanes of at least 4 members (excludes halogenated alkanes) is 1. The second-order valence-corrected chi connectivity index (χ2v) is 3.72. The molecule has 0 unspecified atom stereocenters. The highest BCUT2D eigenvalue weighted by atomic mass is 16.5. The molecule has 0 atom stereocenters. The van der Waals surface area contributed by atoms with E-state index < -0.39 is 0 Å². The van der Waals surface area contributed by atoms with Crippen LogP contribution in [0.25, 0.3) is 0 Å². The number of aryl methyl sites for hydroxylation is 1. The molecule has 0 amide bonds. The first-order valence-electron chi connectivity index (χ1n) is 5.68. The van der Waals surface area contributed by atoms with Crippen LogP contribution in [0.4, 0.5) is 0 Å². The Kier molecular flexibility index (Phi) is 6.53. The molecule has 1 N–H and O–H groups in total. The molecule has 1 aromatic heterocycles. The Balaban J connectivity index is 2.03. The second-order valence-electron chi connectivity index (χ2n) is 3.72.